The molecule has 1 fully saturated rings. The van der Waals surface area contributed by atoms with Crippen molar-refractivity contribution < 1.29 is 4.79 Å². The minimum Gasteiger partial charge on any atom is -0.354 e. The Morgan fingerprint density at radius 1 is 1.33 bits per heavy atom. The molecule has 0 aliphatic carbocycles. The minimum absolute atomic E-state index is 0.0254. The van der Waals surface area contributed by atoms with Crippen molar-refractivity contribution in [3.8, 4) is 0 Å². The SMILES string of the molecule is CC(C(=O)NCCS)N1CCC(Cc2ccccc2)CC1. The van der Waals surface area contributed by atoms with Crippen LogP contribution in [-0.4, -0.2) is 42.2 Å². The summed E-state index contributed by atoms with van der Waals surface area (Å²) in [4.78, 5) is 14.3. The number of benzene rings is 1. The smallest absolute Gasteiger partial charge is 0.237 e. The maximum absolute atomic E-state index is 12.0. The zero-order valence-electron chi connectivity index (χ0n) is 12.8. The summed E-state index contributed by atoms with van der Waals surface area (Å²) in [6.07, 6.45) is 3.52. The maximum Gasteiger partial charge on any atom is 0.237 e. The Labute approximate surface area is 133 Å². The molecule has 1 heterocycles. The third-order valence-electron chi connectivity index (χ3n) is 4.35. The molecule has 1 saturated heterocycles. The van der Waals surface area contributed by atoms with Gasteiger partial charge in [0.25, 0.3) is 0 Å². The minimum atomic E-state index is -0.0254. The van der Waals surface area contributed by atoms with E-state index in [-0.39, 0.29) is 11.9 Å². The molecule has 4 heteroatoms. The lowest BCUT2D eigenvalue weighted by Gasteiger charge is -2.35. The first-order valence-corrected chi connectivity index (χ1v) is 8.50. The van der Waals surface area contributed by atoms with E-state index < -0.39 is 0 Å². The van der Waals surface area contributed by atoms with Crippen molar-refractivity contribution in [1.29, 1.82) is 0 Å². The summed E-state index contributed by atoms with van der Waals surface area (Å²) in [5.41, 5.74) is 1.43. The van der Waals surface area contributed by atoms with Gasteiger partial charge in [-0.1, -0.05) is 30.3 Å². The number of nitrogens with one attached hydrogen (secondary N) is 1. The van der Waals surface area contributed by atoms with Crippen LogP contribution in [-0.2, 0) is 11.2 Å². The molecule has 1 aromatic rings. The number of carbonyl (C=O) groups excluding carboxylic acids is 1. The molecule has 1 N–H and O–H groups in total. The van der Waals surface area contributed by atoms with Gasteiger partial charge in [-0.05, 0) is 50.8 Å². The fraction of sp³-hybridized carbons (Fsp3) is 0.588. The summed E-state index contributed by atoms with van der Waals surface area (Å²) >= 11 is 4.12. The van der Waals surface area contributed by atoms with Crippen LogP contribution in [0.3, 0.4) is 0 Å². The van der Waals surface area contributed by atoms with Crippen molar-refractivity contribution in [3.63, 3.8) is 0 Å². The molecule has 1 aliphatic rings. The fourth-order valence-corrected chi connectivity index (χ4v) is 3.10. The molecule has 0 saturated carbocycles. The van der Waals surface area contributed by atoms with Gasteiger partial charge < -0.3 is 5.32 Å². The number of hydrogen-bond donors (Lipinski definition) is 2. The first kappa shape index (κ1) is 16.4. The molecule has 1 aromatic carbocycles. The molecule has 116 valence electrons. The number of amides is 1. The van der Waals surface area contributed by atoms with Crippen LogP contribution in [0.15, 0.2) is 30.3 Å². The number of piperidine rings is 1. The van der Waals surface area contributed by atoms with E-state index in [4.69, 9.17) is 0 Å². The standard InChI is InChI=1S/C17H26N2OS/c1-14(17(20)18-9-12-21)19-10-7-16(8-11-19)13-15-5-3-2-4-6-15/h2-6,14,16,21H,7-13H2,1H3,(H,18,20). The molecule has 1 unspecified atom stereocenters. The van der Waals surface area contributed by atoms with Crippen LogP contribution in [0.5, 0.6) is 0 Å². The molecule has 0 aromatic heterocycles. The Morgan fingerprint density at radius 3 is 2.62 bits per heavy atom. The van der Waals surface area contributed by atoms with Gasteiger partial charge in [0.1, 0.15) is 0 Å². The largest absolute Gasteiger partial charge is 0.354 e. The van der Waals surface area contributed by atoms with E-state index in [2.05, 4.69) is 53.2 Å². The van der Waals surface area contributed by atoms with Gasteiger partial charge in [-0.25, -0.2) is 0 Å². The third-order valence-corrected chi connectivity index (χ3v) is 4.58. The monoisotopic (exact) mass is 306 g/mol. The summed E-state index contributed by atoms with van der Waals surface area (Å²) in [5.74, 6) is 1.57. The molecule has 0 bridgehead atoms. The maximum atomic E-state index is 12.0. The Hall–Kier alpha value is -1.00. The van der Waals surface area contributed by atoms with Crippen molar-refractivity contribution in [2.75, 3.05) is 25.4 Å². The van der Waals surface area contributed by atoms with Crippen LogP contribution in [0, 0.1) is 5.92 Å². The van der Waals surface area contributed by atoms with Crippen LogP contribution in [0.1, 0.15) is 25.3 Å². The predicted molar refractivity (Wildman–Crippen MR) is 90.8 cm³/mol. The van der Waals surface area contributed by atoms with Gasteiger partial charge in [0.15, 0.2) is 0 Å². The average Bonchev–Trinajstić information content (AvgIpc) is 2.53. The van der Waals surface area contributed by atoms with Gasteiger partial charge in [-0.3, -0.25) is 9.69 Å². The normalized spacial score (nSPS) is 18.4. The average molecular weight is 306 g/mol. The molecule has 0 spiro atoms. The summed E-state index contributed by atoms with van der Waals surface area (Å²) in [5, 5.41) is 2.92. The van der Waals surface area contributed by atoms with Gasteiger partial charge in [0.05, 0.1) is 6.04 Å². The Bertz CT molecular complexity index is 430. The first-order valence-electron chi connectivity index (χ1n) is 7.87. The molecule has 3 nitrogen and oxygen atoms in total. The summed E-state index contributed by atoms with van der Waals surface area (Å²) in [7, 11) is 0. The molecule has 1 aliphatic heterocycles. The summed E-state index contributed by atoms with van der Waals surface area (Å²) < 4.78 is 0. The van der Waals surface area contributed by atoms with Crippen LogP contribution in [0.2, 0.25) is 0 Å². The molecule has 1 amide bonds. The number of thiol groups is 1. The lowest BCUT2D eigenvalue weighted by Crippen LogP contribution is -2.48. The van der Waals surface area contributed by atoms with Crippen molar-refractivity contribution in [2.45, 2.75) is 32.2 Å². The Morgan fingerprint density at radius 2 is 2.00 bits per heavy atom. The highest BCUT2D eigenvalue weighted by Gasteiger charge is 2.26. The number of rotatable bonds is 6. The van der Waals surface area contributed by atoms with Crippen molar-refractivity contribution >= 4 is 18.5 Å². The Kier molecular flexibility index (Phi) is 6.58. The van der Waals surface area contributed by atoms with Crippen LogP contribution in [0.4, 0.5) is 0 Å². The van der Waals surface area contributed by atoms with E-state index in [0.29, 0.717) is 12.3 Å². The van der Waals surface area contributed by atoms with E-state index >= 15 is 0 Å². The van der Waals surface area contributed by atoms with E-state index in [1.807, 2.05) is 6.92 Å². The third kappa shape index (κ3) is 5.04. The molecule has 0 radical (unpaired) electrons. The van der Waals surface area contributed by atoms with E-state index in [9.17, 15) is 4.79 Å². The first-order chi connectivity index (χ1) is 10.2. The van der Waals surface area contributed by atoms with Crippen molar-refractivity contribution in [3.05, 3.63) is 35.9 Å². The van der Waals surface area contributed by atoms with Gasteiger partial charge in [0, 0.05) is 12.3 Å². The summed E-state index contributed by atoms with van der Waals surface area (Å²) in [6, 6.07) is 10.7. The molecular weight excluding hydrogens is 280 g/mol. The number of hydrogen-bond acceptors (Lipinski definition) is 3. The zero-order valence-corrected chi connectivity index (χ0v) is 13.7. The molecule has 2 rings (SSSR count). The van der Waals surface area contributed by atoms with Crippen LogP contribution < -0.4 is 5.32 Å². The Balaban J connectivity index is 1.76. The molecule has 21 heavy (non-hydrogen) atoms. The van der Waals surface area contributed by atoms with Gasteiger partial charge in [0.2, 0.25) is 5.91 Å². The van der Waals surface area contributed by atoms with Gasteiger partial charge in [-0.15, -0.1) is 0 Å². The van der Waals surface area contributed by atoms with Crippen molar-refractivity contribution in [1.82, 2.24) is 10.2 Å². The van der Waals surface area contributed by atoms with E-state index in [1.165, 1.54) is 18.4 Å². The second-order valence-corrected chi connectivity index (χ2v) is 6.31. The number of carbonyl (C=O) groups is 1. The number of likely N-dealkylation sites (tertiary alicyclic amines) is 1. The highest BCUT2D eigenvalue weighted by molar-refractivity contribution is 7.80. The van der Waals surface area contributed by atoms with E-state index in [0.717, 1.165) is 25.4 Å². The van der Waals surface area contributed by atoms with Gasteiger partial charge in [-0.2, -0.15) is 12.6 Å². The highest BCUT2D eigenvalue weighted by atomic mass is 32.1. The second kappa shape index (κ2) is 8.44. The predicted octanol–water partition coefficient (Wildman–Crippen LogP) is 2.38. The van der Waals surface area contributed by atoms with E-state index in [1.54, 1.807) is 0 Å². The second-order valence-electron chi connectivity index (χ2n) is 5.86. The lowest BCUT2D eigenvalue weighted by atomic mass is 9.89. The quantitative estimate of drug-likeness (QED) is 0.791. The van der Waals surface area contributed by atoms with Crippen molar-refractivity contribution in [2.24, 2.45) is 5.92 Å². The lowest BCUT2D eigenvalue weighted by molar-refractivity contribution is -0.126. The zero-order chi connectivity index (χ0) is 15.1. The van der Waals surface area contributed by atoms with Gasteiger partial charge >= 0.3 is 0 Å². The van der Waals surface area contributed by atoms with Crippen LogP contribution >= 0.6 is 12.6 Å². The topological polar surface area (TPSA) is 32.3 Å². The van der Waals surface area contributed by atoms with Crippen LogP contribution in [0.25, 0.3) is 0 Å². The fourth-order valence-electron chi connectivity index (χ4n) is 2.98. The molecular formula is C17H26N2OS. The number of nitrogens with zero attached hydrogens (tertiary/aromatic N) is 1. The highest BCUT2D eigenvalue weighted by Crippen LogP contribution is 2.22. The molecule has 1 atom stereocenters. The summed E-state index contributed by atoms with van der Waals surface area (Å²) in [6.45, 7) is 4.70.